The lowest BCUT2D eigenvalue weighted by molar-refractivity contribution is 0.0694. The Morgan fingerprint density at radius 3 is 2.83 bits per heavy atom. The first-order valence-corrected chi connectivity index (χ1v) is 8.65. The number of hydrogen-bond acceptors (Lipinski definition) is 4. The molecule has 1 aliphatic rings. The van der Waals surface area contributed by atoms with E-state index in [0.717, 1.165) is 17.5 Å². The van der Waals surface area contributed by atoms with E-state index in [4.69, 9.17) is 10.5 Å². The van der Waals surface area contributed by atoms with Crippen molar-refractivity contribution in [1.29, 1.82) is 0 Å². The number of carbonyl (C=O) groups excluding carboxylic acids is 1. The number of ether oxygens (including phenoxy) is 1. The predicted octanol–water partition coefficient (Wildman–Crippen LogP) is 3.00. The number of benzene rings is 1. The lowest BCUT2D eigenvalue weighted by atomic mass is 9.97. The molecule has 3 rings (SSSR count). The number of carbonyl (C=O) groups is 1. The third-order valence-electron chi connectivity index (χ3n) is 4.48. The molecule has 1 aromatic carbocycles. The van der Waals surface area contributed by atoms with Gasteiger partial charge in [0.25, 0.3) is 5.91 Å². The van der Waals surface area contributed by atoms with Crippen LogP contribution in [-0.2, 0) is 11.3 Å². The van der Waals surface area contributed by atoms with Gasteiger partial charge in [-0.3, -0.25) is 4.79 Å². The monoisotopic (exact) mass is 336 g/mol. The van der Waals surface area contributed by atoms with Gasteiger partial charge in [-0.15, -0.1) is 11.3 Å². The van der Waals surface area contributed by atoms with Gasteiger partial charge in [-0.1, -0.05) is 6.07 Å². The summed E-state index contributed by atoms with van der Waals surface area (Å²) in [7, 11) is 1.56. The average Bonchev–Trinajstić information content (AvgIpc) is 2.95. The Bertz CT molecular complexity index is 708. The van der Waals surface area contributed by atoms with Crippen molar-refractivity contribution in [2.75, 3.05) is 26.7 Å². The Morgan fingerprint density at radius 1 is 1.43 bits per heavy atom. The summed E-state index contributed by atoms with van der Waals surface area (Å²) in [5.74, 6) is 0.178. The van der Waals surface area contributed by atoms with Crippen LogP contribution >= 0.6 is 11.3 Å². The van der Waals surface area contributed by atoms with E-state index in [1.165, 1.54) is 17.4 Å². The Morgan fingerprint density at radius 2 is 2.17 bits per heavy atom. The van der Waals surface area contributed by atoms with E-state index in [9.17, 15) is 9.18 Å². The summed E-state index contributed by atoms with van der Waals surface area (Å²) in [5, 5.41) is 0.513. The molecule has 23 heavy (non-hydrogen) atoms. The maximum Gasteiger partial charge on any atom is 0.264 e. The third-order valence-corrected chi connectivity index (χ3v) is 5.67. The first kappa shape index (κ1) is 16.4. The zero-order valence-corrected chi connectivity index (χ0v) is 14.0. The number of piperidine rings is 1. The molecule has 0 aliphatic carbocycles. The predicted molar refractivity (Wildman–Crippen MR) is 90.2 cm³/mol. The molecule has 0 atom stereocenters. The van der Waals surface area contributed by atoms with Gasteiger partial charge in [0.2, 0.25) is 0 Å². The zero-order chi connectivity index (χ0) is 16.4. The van der Waals surface area contributed by atoms with E-state index in [-0.39, 0.29) is 18.3 Å². The highest BCUT2D eigenvalue weighted by molar-refractivity contribution is 7.21. The first-order chi connectivity index (χ1) is 11.2. The Kier molecular flexibility index (Phi) is 4.94. The van der Waals surface area contributed by atoms with Crippen LogP contribution in [0.25, 0.3) is 10.1 Å². The highest BCUT2D eigenvalue weighted by Crippen LogP contribution is 2.35. The molecule has 0 spiro atoms. The minimum absolute atomic E-state index is 0.0203. The van der Waals surface area contributed by atoms with Crippen molar-refractivity contribution in [2.24, 2.45) is 11.7 Å². The van der Waals surface area contributed by atoms with Crippen molar-refractivity contribution < 1.29 is 13.9 Å². The van der Waals surface area contributed by atoms with Gasteiger partial charge in [-0.2, -0.15) is 0 Å². The number of nitrogens with zero attached hydrogens (tertiary/aromatic N) is 1. The highest BCUT2D eigenvalue weighted by atomic mass is 32.1. The topological polar surface area (TPSA) is 55.6 Å². The number of nitrogens with two attached hydrogens (primary N) is 1. The second-order valence-corrected chi connectivity index (χ2v) is 6.98. The molecule has 6 heteroatoms. The number of rotatable bonds is 4. The van der Waals surface area contributed by atoms with Crippen LogP contribution in [0.2, 0.25) is 0 Å². The van der Waals surface area contributed by atoms with E-state index < -0.39 is 0 Å². The van der Waals surface area contributed by atoms with Crippen molar-refractivity contribution in [3.63, 3.8) is 0 Å². The van der Waals surface area contributed by atoms with Crippen LogP contribution in [0.3, 0.4) is 0 Å². The second-order valence-electron chi connectivity index (χ2n) is 5.93. The normalized spacial score (nSPS) is 16.2. The summed E-state index contributed by atoms with van der Waals surface area (Å²) in [4.78, 5) is 15.3. The van der Waals surface area contributed by atoms with Gasteiger partial charge >= 0.3 is 0 Å². The molecule has 2 aromatic rings. The van der Waals surface area contributed by atoms with Crippen LogP contribution in [0, 0.1) is 11.7 Å². The molecule has 0 unspecified atom stereocenters. The summed E-state index contributed by atoms with van der Waals surface area (Å²) in [5.41, 5.74) is 6.37. The summed E-state index contributed by atoms with van der Waals surface area (Å²) in [6.45, 7) is 2.33. The molecule has 1 saturated heterocycles. The van der Waals surface area contributed by atoms with Gasteiger partial charge in [0.05, 0.1) is 11.5 Å². The molecule has 1 amide bonds. The fraction of sp³-hybridized carbons (Fsp3) is 0.471. The Labute approximate surface area is 139 Å². The van der Waals surface area contributed by atoms with Gasteiger partial charge in [-0.25, -0.2) is 4.39 Å². The summed E-state index contributed by atoms with van der Waals surface area (Å²) >= 11 is 1.35. The van der Waals surface area contributed by atoms with Gasteiger partial charge < -0.3 is 15.4 Å². The molecule has 4 nitrogen and oxygen atoms in total. The first-order valence-electron chi connectivity index (χ1n) is 7.83. The van der Waals surface area contributed by atoms with Gasteiger partial charge in [0.15, 0.2) is 0 Å². The lowest BCUT2D eigenvalue weighted by Gasteiger charge is -2.31. The van der Waals surface area contributed by atoms with Crippen molar-refractivity contribution in [3.05, 3.63) is 34.5 Å². The number of methoxy groups -OCH3 is 1. The van der Waals surface area contributed by atoms with Crippen LogP contribution in [0.4, 0.5) is 4.39 Å². The minimum Gasteiger partial charge on any atom is -0.380 e. The number of thiophene rings is 1. The molecular formula is C17H21FN2O2S. The second kappa shape index (κ2) is 6.95. The van der Waals surface area contributed by atoms with Crippen LogP contribution in [0.1, 0.15) is 28.1 Å². The molecule has 1 aliphatic heterocycles. The van der Waals surface area contributed by atoms with Gasteiger partial charge in [0.1, 0.15) is 5.82 Å². The zero-order valence-electron chi connectivity index (χ0n) is 13.2. The number of likely N-dealkylation sites (tertiary alicyclic amines) is 1. The molecule has 1 fully saturated rings. The molecule has 0 radical (unpaired) electrons. The molecular weight excluding hydrogens is 315 g/mol. The molecule has 124 valence electrons. The average molecular weight is 336 g/mol. The van der Waals surface area contributed by atoms with E-state index >= 15 is 0 Å². The van der Waals surface area contributed by atoms with E-state index in [1.54, 1.807) is 13.2 Å². The summed E-state index contributed by atoms with van der Waals surface area (Å²) in [6, 6.07) is 4.95. The summed E-state index contributed by atoms with van der Waals surface area (Å²) in [6.07, 6.45) is 1.86. The van der Waals surface area contributed by atoms with E-state index in [0.29, 0.717) is 41.4 Å². The van der Waals surface area contributed by atoms with Gasteiger partial charge in [-0.05, 0) is 37.4 Å². The van der Waals surface area contributed by atoms with Gasteiger partial charge in [0, 0.05) is 35.8 Å². The molecule has 2 N–H and O–H groups in total. The standard InChI is InChI=1S/C17H21FN2O2S/c1-22-10-12-15-13(18)3-2-4-14(15)23-16(12)17(21)20-7-5-11(9-19)6-8-20/h2-4,11H,5-10,19H2,1H3. The maximum atomic E-state index is 14.2. The largest absolute Gasteiger partial charge is 0.380 e. The fourth-order valence-corrected chi connectivity index (χ4v) is 4.33. The quantitative estimate of drug-likeness (QED) is 0.934. The summed E-state index contributed by atoms with van der Waals surface area (Å²) < 4.78 is 20.2. The third kappa shape index (κ3) is 3.11. The van der Waals surface area contributed by atoms with Crippen LogP contribution in [0.5, 0.6) is 0 Å². The Hall–Kier alpha value is -1.50. The maximum absolute atomic E-state index is 14.2. The number of amides is 1. The van der Waals surface area contributed by atoms with Crippen molar-refractivity contribution in [2.45, 2.75) is 19.4 Å². The lowest BCUT2D eigenvalue weighted by Crippen LogP contribution is -2.40. The molecule has 2 heterocycles. The van der Waals surface area contributed by atoms with Crippen LogP contribution < -0.4 is 5.73 Å². The molecule has 1 aromatic heterocycles. The molecule has 0 bridgehead atoms. The Balaban J connectivity index is 1.94. The van der Waals surface area contributed by atoms with E-state index in [2.05, 4.69) is 0 Å². The number of fused-ring (bicyclic) bond motifs is 1. The van der Waals surface area contributed by atoms with E-state index in [1.807, 2.05) is 11.0 Å². The highest BCUT2D eigenvalue weighted by Gasteiger charge is 2.27. The van der Waals surface area contributed by atoms with Crippen molar-refractivity contribution >= 4 is 27.3 Å². The molecule has 0 saturated carbocycles. The number of halogens is 1. The fourth-order valence-electron chi connectivity index (χ4n) is 3.14. The van der Waals surface area contributed by atoms with Crippen molar-refractivity contribution in [1.82, 2.24) is 4.90 Å². The smallest absolute Gasteiger partial charge is 0.264 e. The number of hydrogen-bond donors (Lipinski definition) is 1. The van der Waals surface area contributed by atoms with Crippen LogP contribution in [-0.4, -0.2) is 37.6 Å². The minimum atomic E-state index is -0.299. The van der Waals surface area contributed by atoms with Crippen LogP contribution in [0.15, 0.2) is 18.2 Å². The SMILES string of the molecule is COCc1c(C(=O)N2CCC(CN)CC2)sc2cccc(F)c12. The van der Waals surface area contributed by atoms with Crippen molar-refractivity contribution in [3.8, 4) is 0 Å².